The molecule has 0 spiro atoms. The van der Waals surface area contributed by atoms with E-state index in [1.807, 2.05) is 24.0 Å². The summed E-state index contributed by atoms with van der Waals surface area (Å²) in [7, 11) is 0. The third-order valence-corrected chi connectivity index (χ3v) is 10.8. The summed E-state index contributed by atoms with van der Waals surface area (Å²) < 4.78 is 12.4. The fourth-order valence-electron chi connectivity index (χ4n) is 2.59. The molecule has 0 saturated heterocycles. The molecule has 0 N–H and O–H groups in total. The molecule has 0 amide bonds. The van der Waals surface area contributed by atoms with E-state index in [4.69, 9.17) is 19.5 Å². The molecule has 0 heterocycles. The normalized spacial score (nSPS) is 16.3. The van der Waals surface area contributed by atoms with Crippen LogP contribution in [-0.2, 0) is 31.8 Å². The molecule has 2 rings (SSSR count). The Morgan fingerprint density at radius 1 is 1.00 bits per heavy atom. The molecule has 0 fully saturated rings. The van der Waals surface area contributed by atoms with Crippen LogP contribution in [0.3, 0.4) is 0 Å². The summed E-state index contributed by atoms with van der Waals surface area (Å²) in [5.41, 5.74) is 0. The van der Waals surface area contributed by atoms with Crippen molar-refractivity contribution in [3.63, 3.8) is 0 Å². The predicted octanol–water partition coefficient (Wildman–Crippen LogP) is 1.98. The number of carbonyl (C=O) groups excluding carboxylic acids is 2. The molecule has 0 saturated carbocycles. The van der Waals surface area contributed by atoms with E-state index in [-0.39, 0.29) is 0 Å². The maximum atomic E-state index is 11.8. The van der Waals surface area contributed by atoms with Crippen LogP contribution >= 0.6 is 0 Å². The van der Waals surface area contributed by atoms with Gasteiger partial charge in [0.25, 0.3) is 0 Å². The average Bonchev–Trinajstić information content (AvgIpc) is 3.20. The van der Waals surface area contributed by atoms with Crippen molar-refractivity contribution in [3.05, 3.63) is 44.2 Å². The molecule has 0 aliphatic heterocycles. The van der Waals surface area contributed by atoms with Crippen molar-refractivity contribution < 1.29 is 31.8 Å². The fraction of sp³-hybridized carbons (Fsp3) is 0.118. The Morgan fingerprint density at radius 2 is 1.41 bits per heavy atom. The first-order valence-corrected chi connectivity index (χ1v) is 10.5. The summed E-state index contributed by atoms with van der Waals surface area (Å²) in [6.07, 6.45) is 22.0. The van der Waals surface area contributed by atoms with Crippen LogP contribution in [0.4, 0.5) is 0 Å². The second-order valence-corrected chi connectivity index (χ2v) is 11.5. The first-order chi connectivity index (χ1) is 10.4. The van der Waals surface area contributed by atoms with Gasteiger partial charge in [0.2, 0.25) is 0 Å². The molecule has 0 unspecified atom stereocenters. The second-order valence-electron chi connectivity index (χ2n) is 4.97. The zero-order valence-corrected chi connectivity index (χ0v) is 13.4. The summed E-state index contributed by atoms with van der Waals surface area (Å²) >= 11 is -5.09. The summed E-state index contributed by atoms with van der Waals surface area (Å²) in [6, 6.07) is 0. The van der Waals surface area contributed by atoms with Crippen molar-refractivity contribution in [2.24, 2.45) is 0 Å². The summed E-state index contributed by atoms with van der Waals surface area (Å²) in [5.74, 6) is 1.95. The molecule has 0 radical (unpaired) electrons. The fourth-order valence-corrected chi connectivity index (χ4v) is 8.53. The Bertz CT molecular complexity index is 739. The van der Waals surface area contributed by atoms with Crippen LogP contribution in [0.1, 0.15) is 12.8 Å². The molecule has 2 aliphatic carbocycles. The number of hydrogen-bond donors (Lipinski definition) is 0. The van der Waals surface area contributed by atoms with Crippen LogP contribution in [-0.4, -0.2) is 16.8 Å². The molecule has 0 aromatic carbocycles. The second kappa shape index (κ2) is 5.77. The van der Waals surface area contributed by atoms with Gasteiger partial charge < -0.3 is 0 Å². The number of carbonyl (C=O) groups is 2. The van der Waals surface area contributed by atoms with E-state index in [2.05, 4.69) is 4.82 Å². The van der Waals surface area contributed by atoms with Crippen LogP contribution < -0.4 is 0 Å². The first-order valence-electron chi connectivity index (χ1n) is 6.59. The van der Waals surface area contributed by atoms with Crippen LogP contribution in [0.15, 0.2) is 44.2 Å². The van der Waals surface area contributed by atoms with Crippen molar-refractivity contribution in [1.82, 2.24) is 0 Å². The van der Waals surface area contributed by atoms with Crippen LogP contribution in [0.25, 0.3) is 0 Å². The van der Waals surface area contributed by atoms with Crippen molar-refractivity contribution in [1.29, 1.82) is 0 Å². The molecule has 22 heavy (non-hydrogen) atoms. The first kappa shape index (κ1) is 16.0. The molecule has 110 valence electrons. The molecular weight excluding hydrogens is 316 g/mol. The summed E-state index contributed by atoms with van der Waals surface area (Å²) in [6.45, 7) is 0. The van der Waals surface area contributed by atoms with Crippen LogP contribution in [0, 0.1) is 24.7 Å². The number of hydrogen-bond acceptors (Lipinski definition) is 4. The Labute approximate surface area is 130 Å². The van der Waals surface area contributed by atoms with Crippen molar-refractivity contribution in [2.75, 3.05) is 0 Å². The monoisotopic (exact) mass is 330 g/mol. The quantitative estimate of drug-likeness (QED) is 0.584. The van der Waals surface area contributed by atoms with Gasteiger partial charge in [0.1, 0.15) is 0 Å². The number of allylic oxidation sites excluding steroid dienone is 8. The molecule has 0 aromatic rings. The summed E-state index contributed by atoms with van der Waals surface area (Å²) in [5, 5.41) is 0. The third-order valence-electron chi connectivity index (χ3n) is 3.70. The number of rotatable bonds is 4. The SMILES string of the molecule is C#CC(=O)[O][Ti](=[CH2])([O]C(=O)C#C)([C]1=CC=CC1)[C]1=CC=CC1. The van der Waals surface area contributed by atoms with Crippen molar-refractivity contribution >= 4 is 16.8 Å². The van der Waals surface area contributed by atoms with Gasteiger partial charge in [-0.15, -0.1) is 0 Å². The molecule has 0 atom stereocenters. The zero-order valence-electron chi connectivity index (χ0n) is 11.9. The van der Waals surface area contributed by atoms with Gasteiger partial charge in [0.15, 0.2) is 0 Å². The van der Waals surface area contributed by atoms with Gasteiger partial charge in [-0.05, 0) is 0 Å². The van der Waals surface area contributed by atoms with Gasteiger partial charge >= 0.3 is 130 Å². The van der Waals surface area contributed by atoms with E-state index in [1.165, 1.54) is 0 Å². The molecule has 2 aliphatic rings. The van der Waals surface area contributed by atoms with Crippen LogP contribution in [0.2, 0.25) is 0 Å². The van der Waals surface area contributed by atoms with Gasteiger partial charge in [0, 0.05) is 0 Å². The maximum absolute atomic E-state index is 11.8. The van der Waals surface area contributed by atoms with Gasteiger partial charge in [-0.3, -0.25) is 0 Å². The Balaban J connectivity index is 2.66. The molecule has 0 bridgehead atoms. The van der Waals surface area contributed by atoms with Gasteiger partial charge in [-0.25, -0.2) is 0 Å². The molecule has 5 heteroatoms. The van der Waals surface area contributed by atoms with Gasteiger partial charge in [-0.2, -0.15) is 0 Å². The van der Waals surface area contributed by atoms with Crippen molar-refractivity contribution in [2.45, 2.75) is 12.8 Å². The number of terminal acetylenes is 2. The van der Waals surface area contributed by atoms with E-state index in [0.29, 0.717) is 20.6 Å². The summed E-state index contributed by atoms with van der Waals surface area (Å²) in [4.78, 5) is 27.8. The standard InChI is InChI=1S/2C5H5.2C3H2O2.CH2.Ti/c2*1-2-4-5-3-1;2*1-2-3(4)5;;/h2*1-3H,4H2;2*1H,(H,4,5);1H2;/q;;;;;+2/p-2. The van der Waals surface area contributed by atoms with E-state index in [0.717, 1.165) is 0 Å². The van der Waals surface area contributed by atoms with E-state index < -0.39 is 27.6 Å². The minimum atomic E-state index is -5.09. The topological polar surface area (TPSA) is 52.6 Å². The molecule has 0 aromatic heterocycles. The van der Waals surface area contributed by atoms with E-state index in [9.17, 15) is 9.59 Å². The Morgan fingerprint density at radius 3 is 1.68 bits per heavy atom. The van der Waals surface area contributed by atoms with E-state index in [1.54, 1.807) is 24.3 Å². The molecule has 4 nitrogen and oxygen atoms in total. The van der Waals surface area contributed by atoms with Crippen LogP contribution in [0.5, 0.6) is 0 Å². The Kier molecular flexibility index (Phi) is 4.19. The average molecular weight is 330 g/mol. The van der Waals surface area contributed by atoms with Gasteiger partial charge in [-0.1, -0.05) is 0 Å². The van der Waals surface area contributed by atoms with E-state index >= 15 is 0 Å². The third kappa shape index (κ3) is 2.55. The zero-order chi connectivity index (χ0) is 16.2. The predicted molar refractivity (Wildman–Crippen MR) is 80.7 cm³/mol. The van der Waals surface area contributed by atoms with Gasteiger partial charge in [0.05, 0.1) is 0 Å². The Hall–Kier alpha value is -2.40. The molecular formula is C17H14O4Ti. The minimum absolute atomic E-state index is 0.466. The van der Waals surface area contributed by atoms with Crippen molar-refractivity contribution in [3.8, 4) is 24.7 Å².